The van der Waals surface area contributed by atoms with Gasteiger partial charge in [0, 0.05) is 6.54 Å². The molecule has 1 aliphatic heterocycles. The molecule has 1 rings (SSSR count). The van der Waals surface area contributed by atoms with Crippen LogP contribution in [-0.2, 0) is 0 Å². The number of β-amino-alcohol motifs (C(OH)–C–C–N with tert-alkyl or cyclic N) is 1. The van der Waals surface area contributed by atoms with Gasteiger partial charge in [0.05, 0.1) is 6.10 Å². The van der Waals surface area contributed by atoms with Crippen LogP contribution in [0.1, 0.15) is 40.0 Å². The molecular formula is C11H23NO. The van der Waals surface area contributed by atoms with Gasteiger partial charge >= 0.3 is 0 Å². The van der Waals surface area contributed by atoms with Crippen molar-refractivity contribution in [3.8, 4) is 0 Å². The monoisotopic (exact) mass is 185 g/mol. The molecule has 0 unspecified atom stereocenters. The highest BCUT2D eigenvalue weighted by molar-refractivity contribution is 4.77. The second-order valence-electron chi connectivity index (χ2n) is 5.24. The van der Waals surface area contributed by atoms with Gasteiger partial charge in [-0.25, -0.2) is 0 Å². The molecule has 1 saturated heterocycles. The lowest BCUT2D eigenvalue weighted by molar-refractivity contribution is 0.0235. The summed E-state index contributed by atoms with van der Waals surface area (Å²) >= 11 is 0. The normalized spacial score (nSPS) is 23.1. The fraction of sp³-hybridized carbons (Fsp3) is 1.00. The number of piperidine rings is 1. The smallest absolute Gasteiger partial charge is 0.0715 e. The lowest BCUT2D eigenvalue weighted by Crippen LogP contribution is -2.41. The van der Waals surface area contributed by atoms with Crippen LogP contribution in [-0.4, -0.2) is 35.7 Å². The second kappa shape index (κ2) is 4.43. The highest BCUT2D eigenvalue weighted by Gasteiger charge is 2.24. The fourth-order valence-electron chi connectivity index (χ4n) is 1.66. The summed E-state index contributed by atoms with van der Waals surface area (Å²) in [6.45, 7) is 9.49. The quantitative estimate of drug-likeness (QED) is 0.710. The van der Waals surface area contributed by atoms with E-state index in [1.165, 1.54) is 32.4 Å². The minimum absolute atomic E-state index is 0.0252. The van der Waals surface area contributed by atoms with Crippen molar-refractivity contribution in [3.05, 3.63) is 0 Å². The number of nitrogens with zero attached hydrogens (tertiary/aromatic N) is 1. The van der Waals surface area contributed by atoms with E-state index in [1.54, 1.807) is 0 Å². The van der Waals surface area contributed by atoms with E-state index in [1.807, 2.05) is 0 Å². The van der Waals surface area contributed by atoms with Gasteiger partial charge in [-0.15, -0.1) is 0 Å². The van der Waals surface area contributed by atoms with Gasteiger partial charge in [0.1, 0.15) is 0 Å². The average molecular weight is 185 g/mol. The molecule has 0 aromatic rings. The molecule has 0 spiro atoms. The molecule has 0 radical (unpaired) electrons. The highest BCUT2D eigenvalue weighted by atomic mass is 16.3. The van der Waals surface area contributed by atoms with Crippen LogP contribution < -0.4 is 0 Å². The molecule has 0 bridgehead atoms. The molecule has 1 N–H and O–H groups in total. The molecule has 1 heterocycles. The third-order valence-corrected chi connectivity index (χ3v) is 2.88. The molecular weight excluding hydrogens is 162 g/mol. The molecule has 0 aromatic carbocycles. The standard InChI is InChI=1S/C11H23NO/c1-11(2,3)10(13)9-12-7-5-4-6-8-12/h10,13H,4-9H2,1-3H3/t10-/m1/s1. The zero-order valence-electron chi connectivity index (χ0n) is 9.21. The molecule has 1 atom stereocenters. The van der Waals surface area contributed by atoms with E-state index in [0.29, 0.717) is 0 Å². The molecule has 1 aliphatic rings. The van der Waals surface area contributed by atoms with Gasteiger partial charge in [-0.3, -0.25) is 0 Å². The zero-order chi connectivity index (χ0) is 9.90. The Hall–Kier alpha value is -0.0800. The molecule has 13 heavy (non-hydrogen) atoms. The molecule has 0 aliphatic carbocycles. The maximum absolute atomic E-state index is 9.90. The maximum Gasteiger partial charge on any atom is 0.0715 e. The first-order chi connectivity index (χ1) is 6.00. The second-order valence-corrected chi connectivity index (χ2v) is 5.24. The zero-order valence-corrected chi connectivity index (χ0v) is 9.21. The number of rotatable bonds is 2. The Morgan fingerprint density at radius 3 is 2.15 bits per heavy atom. The highest BCUT2D eigenvalue weighted by Crippen LogP contribution is 2.21. The average Bonchev–Trinajstić information content (AvgIpc) is 2.04. The van der Waals surface area contributed by atoms with E-state index in [9.17, 15) is 5.11 Å². The number of hydrogen-bond donors (Lipinski definition) is 1. The molecule has 2 nitrogen and oxygen atoms in total. The van der Waals surface area contributed by atoms with E-state index in [-0.39, 0.29) is 11.5 Å². The predicted octanol–water partition coefficient (Wildman–Crippen LogP) is 1.88. The van der Waals surface area contributed by atoms with Crippen molar-refractivity contribution in [2.75, 3.05) is 19.6 Å². The van der Waals surface area contributed by atoms with Gasteiger partial charge in [-0.1, -0.05) is 27.2 Å². The summed E-state index contributed by atoms with van der Waals surface area (Å²) in [5.74, 6) is 0. The molecule has 0 aromatic heterocycles. The minimum Gasteiger partial charge on any atom is -0.391 e. The summed E-state index contributed by atoms with van der Waals surface area (Å²) in [6, 6.07) is 0. The van der Waals surface area contributed by atoms with Gasteiger partial charge in [0.2, 0.25) is 0 Å². The molecule has 1 fully saturated rings. The van der Waals surface area contributed by atoms with Crippen molar-refractivity contribution in [1.29, 1.82) is 0 Å². The molecule has 2 heteroatoms. The fourth-order valence-corrected chi connectivity index (χ4v) is 1.66. The van der Waals surface area contributed by atoms with Crippen molar-refractivity contribution in [1.82, 2.24) is 4.90 Å². The lowest BCUT2D eigenvalue weighted by atomic mass is 9.88. The summed E-state index contributed by atoms with van der Waals surface area (Å²) in [5, 5.41) is 9.90. The van der Waals surface area contributed by atoms with Crippen LogP contribution in [0.5, 0.6) is 0 Å². The Morgan fingerprint density at radius 2 is 1.69 bits per heavy atom. The number of aliphatic hydroxyl groups is 1. The van der Waals surface area contributed by atoms with Crippen LogP contribution in [0.3, 0.4) is 0 Å². The number of aliphatic hydroxyl groups excluding tert-OH is 1. The van der Waals surface area contributed by atoms with Gasteiger partial charge in [0.15, 0.2) is 0 Å². The molecule has 0 amide bonds. The molecule has 0 saturated carbocycles. The van der Waals surface area contributed by atoms with Crippen molar-refractivity contribution >= 4 is 0 Å². The van der Waals surface area contributed by atoms with E-state index in [0.717, 1.165) is 6.54 Å². The third-order valence-electron chi connectivity index (χ3n) is 2.88. The van der Waals surface area contributed by atoms with Crippen LogP contribution in [0.25, 0.3) is 0 Å². The first kappa shape index (κ1) is 11.0. The third kappa shape index (κ3) is 3.65. The Balaban J connectivity index is 2.30. The summed E-state index contributed by atoms with van der Waals surface area (Å²) < 4.78 is 0. The maximum atomic E-state index is 9.90. The van der Waals surface area contributed by atoms with Crippen molar-refractivity contribution in [2.45, 2.75) is 46.1 Å². The van der Waals surface area contributed by atoms with Crippen molar-refractivity contribution in [2.24, 2.45) is 5.41 Å². The van der Waals surface area contributed by atoms with Crippen molar-refractivity contribution in [3.63, 3.8) is 0 Å². The van der Waals surface area contributed by atoms with Gasteiger partial charge < -0.3 is 10.0 Å². The predicted molar refractivity (Wildman–Crippen MR) is 55.8 cm³/mol. The van der Waals surface area contributed by atoms with Crippen LogP contribution in [0.4, 0.5) is 0 Å². The van der Waals surface area contributed by atoms with Crippen LogP contribution in [0, 0.1) is 5.41 Å². The van der Waals surface area contributed by atoms with Crippen LogP contribution >= 0.6 is 0 Å². The number of hydrogen-bond acceptors (Lipinski definition) is 2. The van der Waals surface area contributed by atoms with Gasteiger partial charge in [-0.2, -0.15) is 0 Å². The SMILES string of the molecule is CC(C)(C)[C@H](O)CN1CCCCC1. The van der Waals surface area contributed by atoms with Gasteiger partial charge in [-0.05, 0) is 31.3 Å². The summed E-state index contributed by atoms with van der Waals surface area (Å²) in [7, 11) is 0. The van der Waals surface area contributed by atoms with Crippen LogP contribution in [0.2, 0.25) is 0 Å². The van der Waals surface area contributed by atoms with E-state index < -0.39 is 0 Å². The Kier molecular flexibility index (Phi) is 3.74. The Bertz CT molecular complexity index is 145. The van der Waals surface area contributed by atoms with E-state index in [2.05, 4.69) is 25.7 Å². The van der Waals surface area contributed by atoms with Crippen LogP contribution in [0.15, 0.2) is 0 Å². The summed E-state index contributed by atoms with van der Waals surface area (Å²) in [5.41, 5.74) is 0.0252. The molecule has 78 valence electrons. The largest absolute Gasteiger partial charge is 0.391 e. The lowest BCUT2D eigenvalue weighted by Gasteiger charge is -2.33. The first-order valence-corrected chi connectivity index (χ1v) is 5.40. The van der Waals surface area contributed by atoms with E-state index >= 15 is 0 Å². The topological polar surface area (TPSA) is 23.5 Å². The summed E-state index contributed by atoms with van der Waals surface area (Å²) in [6.07, 6.45) is 3.78. The van der Waals surface area contributed by atoms with Gasteiger partial charge in [0.25, 0.3) is 0 Å². The van der Waals surface area contributed by atoms with E-state index in [4.69, 9.17) is 0 Å². The minimum atomic E-state index is -0.189. The Morgan fingerprint density at radius 1 is 1.15 bits per heavy atom. The Labute approximate surface area is 81.9 Å². The van der Waals surface area contributed by atoms with Crippen molar-refractivity contribution < 1.29 is 5.11 Å². The first-order valence-electron chi connectivity index (χ1n) is 5.40. The summed E-state index contributed by atoms with van der Waals surface area (Å²) in [4.78, 5) is 2.39. The number of likely N-dealkylation sites (tertiary alicyclic amines) is 1.